The highest BCUT2D eigenvalue weighted by Crippen LogP contribution is 2.31. The van der Waals surface area contributed by atoms with E-state index >= 15 is 0 Å². The van der Waals surface area contributed by atoms with Crippen molar-refractivity contribution in [3.8, 4) is 0 Å². The molecule has 1 unspecified atom stereocenters. The van der Waals surface area contributed by atoms with Gasteiger partial charge >= 0.3 is 0 Å². The molecule has 0 aromatic heterocycles. The van der Waals surface area contributed by atoms with Crippen LogP contribution in [0.15, 0.2) is 89.8 Å². The van der Waals surface area contributed by atoms with Crippen LogP contribution in [0.1, 0.15) is 54.5 Å². The van der Waals surface area contributed by atoms with Crippen molar-refractivity contribution in [2.45, 2.75) is 61.7 Å². The van der Waals surface area contributed by atoms with E-state index in [0.29, 0.717) is 11.2 Å². The lowest BCUT2D eigenvalue weighted by molar-refractivity contribution is 0.189. The van der Waals surface area contributed by atoms with Crippen LogP contribution < -0.4 is 15.4 Å². The molecule has 3 aromatic carbocycles. The van der Waals surface area contributed by atoms with Gasteiger partial charge < -0.3 is 15.5 Å². The zero-order valence-corrected chi connectivity index (χ0v) is 23.9. The molecule has 38 heavy (non-hydrogen) atoms. The number of benzene rings is 3. The fraction of sp³-hybridized carbons (Fsp3) is 0.367. The van der Waals surface area contributed by atoms with Crippen molar-refractivity contribution < 1.29 is 8.42 Å². The van der Waals surface area contributed by atoms with Crippen molar-refractivity contribution in [2.75, 3.05) is 14.1 Å². The first-order valence-electron chi connectivity index (χ1n) is 13.2. The lowest BCUT2D eigenvalue weighted by atomic mass is 9.89. The minimum Gasteiger partial charge on any atom is -0.358 e. The van der Waals surface area contributed by atoms with Crippen molar-refractivity contribution in [3.63, 3.8) is 0 Å². The van der Waals surface area contributed by atoms with Gasteiger partial charge in [0.2, 0.25) is 10.0 Å². The Kier molecular flexibility index (Phi) is 9.54. The van der Waals surface area contributed by atoms with Crippen molar-refractivity contribution in [3.05, 3.63) is 102 Å². The van der Waals surface area contributed by atoms with E-state index in [4.69, 9.17) is 12.2 Å². The summed E-state index contributed by atoms with van der Waals surface area (Å²) in [7, 11) is 0.400. The van der Waals surface area contributed by atoms with Gasteiger partial charge in [-0.3, -0.25) is 0 Å². The molecule has 4 atom stereocenters. The number of sulfonamides is 1. The van der Waals surface area contributed by atoms with Gasteiger partial charge in [-0.05, 0) is 69.3 Å². The Morgan fingerprint density at radius 1 is 0.842 bits per heavy atom. The van der Waals surface area contributed by atoms with Gasteiger partial charge in [0.05, 0.1) is 17.0 Å². The zero-order valence-electron chi connectivity index (χ0n) is 22.3. The first-order chi connectivity index (χ1) is 18.2. The Balaban J connectivity index is 1.67. The predicted octanol–water partition coefficient (Wildman–Crippen LogP) is 5.09. The molecule has 4 rings (SSSR count). The second-order valence-corrected chi connectivity index (χ2v) is 12.4. The molecule has 0 heterocycles. The number of hydrogen-bond acceptors (Lipinski definition) is 4. The number of thiocarbonyl (C=S) groups is 1. The molecule has 1 aliphatic carbocycles. The van der Waals surface area contributed by atoms with Crippen LogP contribution in [0.3, 0.4) is 0 Å². The maximum Gasteiger partial charge on any atom is 0.241 e. The molecule has 0 bridgehead atoms. The molecule has 1 fully saturated rings. The predicted molar refractivity (Wildman–Crippen MR) is 158 cm³/mol. The highest BCUT2D eigenvalue weighted by molar-refractivity contribution is 7.89. The lowest BCUT2D eigenvalue weighted by Gasteiger charge is -2.38. The molecule has 0 amide bonds. The van der Waals surface area contributed by atoms with Gasteiger partial charge in [0, 0.05) is 12.1 Å². The van der Waals surface area contributed by atoms with E-state index in [9.17, 15) is 8.42 Å². The third-order valence-corrected chi connectivity index (χ3v) is 8.95. The standard InChI is InChI=1S/C30H38N4O2S2/c1-22-18-20-25(21-19-22)38(35,36)33-29(24-14-8-5-9-15-24)28(23-12-6-4-7-13-23)32-30(37)31-26-16-10-11-17-27(26)34(2)3/h4-9,12-15,18-21,26-29,33H,10-11,16-17H2,1-3H3,(H2,31,32,37)/t26-,27-,28?,29-/m0/s1. The van der Waals surface area contributed by atoms with Crippen LogP contribution >= 0.6 is 12.2 Å². The first kappa shape index (κ1) is 28.2. The average molecular weight is 551 g/mol. The number of nitrogens with zero attached hydrogens (tertiary/aromatic N) is 1. The summed E-state index contributed by atoms with van der Waals surface area (Å²) in [5, 5.41) is 7.58. The highest BCUT2D eigenvalue weighted by Gasteiger charge is 2.32. The molecule has 0 radical (unpaired) electrons. The summed E-state index contributed by atoms with van der Waals surface area (Å²) >= 11 is 5.85. The minimum atomic E-state index is -3.82. The molecular weight excluding hydrogens is 512 g/mol. The molecule has 0 saturated heterocycles. The molecule has 8 heteroatoms. The third-order valence-electron chi connectivity index (χ3n) is 7.26. The summed E-state index contributed by atoms with van der Waals surface area (Å²) in [5.41, 5.74) is 2.78. The monoisotopic (exact) mass is 550 g/mol. The van der Waals surface area contributed by atoms with E-state index in [0.717, 1.165) is 36.0 Å². The third kappa shape index (κ3) is 7.20. The van der Waals surface area contributed by atoms with Crippen LogP contribution in [0, 0.1) is 6.92 Å². The number of rotatable bonds is 9. The molecule has 0 aliphatic heterocycles. The molecular formula is C30H38N4O2S2. The second-order valence-electron chi connectivity index (χ2n) is 10.3. The highest BCUT2D eigenvalue weighted by atomic mass is 32.2. The van der Waals surface area contributed by atoms with E-state index in [2.05, 4.69) is 34.4 Å². The van der Waals surface area contributed by atoms with Gasteiger partial charge in [-0.1, -0.05) is 91.2 Å². The van der Waals surface area contributed by atoms with Gasteiger partial charge in [0.15, 0.2) is 5.11 Å². The van der Waals surface area contributed by atoms with Crippen LogP contribution in [0.2, 0.25) is 0 Å². The van der Waals surface area contributed by atoms with Gasteiger partial charge in [0.1, 0.15) is 0 Å². The number of aryl methyl sites for hydroxylation is 1. The maximum absolute atomic E-state index is 13.6. The molecule has 3 N–H and O–H groups in total. The van der Waals surface area contributed by atoms with Crippen molar-refractivity contribution in [1.82, 2.24) is 20.3 Å². The van der Waals surface area contributed by atoms with Crippen molar-refractivity contribution in [2.24, 2.45) is 0 Å². The number of hydrogen-bond donors (Lipinski definition) is 3. The molecule has 6 nitrogen and oxygen atoms in total. The van der Waals surface area contributed by atoms with Gasteiger partial charge in [-0.25, -0.2) is 13.1 Å². The fourth-order valence-electron chi connectivity index (χ4n) is 5.21. The molecule has 202 valence electrons. The van der Waals surface area contributed by atoms with Crippen LogP contribution in [-0.2, 0) is 10.0 Å². The van der Waals surface area contributed by atoms with Gasteiger partial charge in [-0.2, -0.15) is 0 Å². The SMILES string of the molecule is Cc1ccc(S(=O)(=O)N[C@@H](c2ccccc2)C(NC(=S)N[C@H]2CCCC[C@@H]2N(C)C)c2ccccc2)cc1. The van der Waals surface area contributed by atoms with E-state index in [-0.39, 0.29) is 10.9 Å². The van der Waals surface area contributed by atoms with Crippen LogP contribution in [0.5, 0.6) is 0 Å². The van der Waals surface area contributed by atoms with Gasteiger partial charge in [0.25, 0.3) is 0 Å². The summed E-state index contributed by atoms with van der Waals surface area (Å²) < 4.78 is 30.2. The summed E-state index contributed by atoms with van der Waals surface area (Å²) in [6.45, 7) is 1.94. The summed E-state index contributed by atoms with van der Waals surface area (Å²) in [6, 6.07) is 26.0. The molecule has 3 aromatic rings. The maximum atomic E-state index is 13.6. The van der Waals surface area contributed by atoms with Crippen LogP contribution in [-0.4, -0.2) is 44.6 Å². The van der Waals surface area contributed by atoms with Crippen molar-refractivity contribution >= 4 is 27.4 Å². The van der Waals surface area contributed by atoms with E-state index < -0.39 is 22.1 Å². The zero-order chi connectivity index (χ0) is 27.1. The normalized spacial score (nSPS) is 19.5. The van der Waals surface area contributed by atoms with Crippen LogP contribution in [0.25, 0.3) is 0 Å². The molecule has 1 saturated carbocycles. The largest absolute Gasteiger partial charge is 0.358 e. The quantitative estimate of drug-likeness (QED) is 0.322. The van der Waals surface area contributed by atoms with E-state index in [1.165, 1.54) is 6.42 Å². The Morgan fingerprint density at radius 3 is 1.97 bits per heavy atom. The summed E-state index contributed by atoms with van der Waals surface area (Å²) in [6.07, 6.45) is 4.54. The first-order valence-corrected chi connectivity index (χ1v) is 15.1. The Bertz CT molecular complexity index is 1280. The van der Waals surface area contributed by atoms with E-state index in [1.807, 2.05) is 79.7 Å². The number of nitrogens with one attached hydrogen (secondary N) is 3. The summed E-state index contributed by atoms with van der Waals surface area (Å²) in [4.78, 5) is 2.49. The summed E-state index contributed by atoms with van der Waals surface area (Å²) in [5.74, 6) is 0. The van der Waals surface area contributed by atoms with E-state index in [1.54, 1.807) is 12.1 Å². The molecule has 0 spiro atoms. The minimum absolute atomic E-state index is 0.229. The average Bonchev–Trinajstić information content (AvgIpc) is 2.92. The van der Waals surface area contributed by atoms with Crippen molar-refractivity contribution in [1.29, 1.82) is 0 Å². The Hall–Kier alpha value is -2.78. The fourth-order valence-corrected chi connectivity index (χ4v) is 6.73. The lowest BCUT2D eigenvalue weighted by Crippen LogP contribution is -2.54. The topological polar surface area (TPSA) is 73.5 Å². The van der Waals surface area contributed by atoms with Gasteiger partial charge in [-0.15, -0.1) is 0 Å². The Morgan fingerprint density at radius 2 is 1.39 bits per heavy atom. The smallest absolute Gasteiger partial charge is 0.241 e. The number of likely N-dealkylation sites (N-methyl/N-ethyl adjacent to an activating group) is 1. The second kappa shape index (κ2) is 12.8. The van der Waals surface area contributed by atoms with Crippen LogP contribution in [0.4, 0.5) is 0 Å². The Labute approximate surface area is 232 Å². The molecule has 1 aliphatic rings.